The van der Waals surface area contributed by atoms with Crippen LogP contribution in [0.5, 0.6) is 5.75 Å². The van der Waals surface area contributed by atoms with Crippen molar-refractivity contribution in [3.05, 3.63) is 29.8 Å². The highest BCUT2D eigenvalue weighted by Gasteiger charge is 2.15. The van der Waals surface area contributed by atoms with Crippen LogP contribution < -0.4 is 10.1 Å². The molecule has 1 aromatic rings. The van der Waals surface area contributed by atoms with E-state index in [-0.39, 0.29) is 5.97 Å². The minimum Gasteiger partial charge on any atom is -0.497 e. The summed E-state index contributed by atoms with van der Waals surface area (Å²) in [5.74, 6) is 1.35. The van der Waals surface area contributed by atoms with Gasteiger partial charge in [-0.15, -0.1) is 0 Å². The van der Waals surface area contributed by atoms with Crippen LogP contribution >= 0.6 is 0 Å². The highest BCUT2D eigenvalue weighted by molar-refractivity contribution is 5.69. The van der Waals surface area contributed by atoms with Gasteiger partial charge in [0.2, 0.25) is 0 Å². The summed E-state index contributed by atoms with van der Waals surface area (Å²) in [5, 5.41) is 3.33. The van der Waals surface area contributed by atoms with Gasteiger partial charge in [-0.2, -0.15) is 0 Å². The molecule has 0 unspecified atom stereocenters. The molecule has 0 saturated carbocycles. The standard InChI is InChI=1S/C16H23NO3/c1-19-15-4-2-3-14(11-15)12-20-16(18)6-5-13-7-9-17-10-8-13/h2-4,11,13,17H,5-10,12H2,1H3. The summed E-state index contributed by atoms with van der Waals surface area (Å²) < 4.78 is 10.5. The molecule has 110 valence electrons. The maximum atomic E-state index is 11.7. The number of benzene rings is 1. The second-order valence-corrected chi connectivity index (χ2v) is 5.24. The Kier molecular flexibility index (Phi) is 5.87. The maximum absolute atomic E-state index is 11.7. The molecule has 0 atom stereocenters. The Morgan fingerprint density at radius 2 is 2.15 bits per heavy atom. The zero-order chi connectivity index (χ0) is 14.2. The summed E-state index contributed by atoms with van der Waals surface area (Å²) in [6.07, 6.45) is 3.81. The van der Waals surface area contributed by atoms with Gasteiger partial charge in [-0.1, -0.05) is 12.1 Å². The van der Waals surface area contributed by atoms with E-state index in [0.29, 0.717) is 18.9 Å². The van der Waals surface area contributed by atoms with Gasteiger partial charge >= 0.3 is 5.97 Å². The Bertz CT molecular complexity index is 427. The number of hydrogen-bond donors (Lipinski definition) is 1. The molecule has 1 aliphatic heterocycles. The van der Waals surface area contributed by atoms with E-state index in [0.717, 1.165) is 30.8 Å². The third kappa shape index (κ3) is 4.85. The summed E-state index contributed by atoms with van der Waals surface area (Å²) >= 11 is 0. The predicted octanol–water partition coefficient (Wildman–Crippen LogP) is 2.52. The molecule has 0 amide bonds. The van der Waals surface area contributed by atoms with E-state index in [4.69, 9.17) is 9.47 Å². The number of esters is 1. The first-order valence-corrected chi connectivity index (χ1v) is 7.27. The van der Waals surface area contributed by atoms with Gasteiger partial charge in [0, 0.05) is 6.42 Å². The first-order valence-electron chi connectivity index (χ1n) is 7.27. The molecule has 0 spiro atoms. The third-order valence-electron chi connectivity index (χ3n) is 3.75. The Hall–Kier alpha value is -1.55. The molecule has 0 bridgehead atoms. The van der Waals surface area contributed by atoms with Crippen molar-refractivity contribution < 1.29 is 14.3 Å². The highest BCUT2D eigenvalue weighted by Crippen LogP contribution is 2.18. The van der Waals surface area contributed by atoms with Gasteiger partial charge in [-0.25, -0.2) is 0 Å². The summed E-state index contributed by atoms with van der Waals surface area (Å²) in [4.78, 5) is 11.7. The Balaban J connectivity index is 1.68. The van der Waals surface area contributed by atoms with Gasteiger partial charge in [0.25, 0.3) is 0 Å². The molecular formula is C16H23NO3. The van der Waals surface area contributed by atoms with Crippen molar-refractivity contribution in [2.45, 2.75) is 32.3 Å². The average molecular weight is 277 g/mol. The van der Waals surface area contributed by atoms with Crippen LogP contribution in [0.15, 0.2) is 24.3 Å². The molecule has 20 heavy (non-hydrogen) atoms. The van der Waals surface area contributed by atoms with E-state index in [2.05, 4.69) is 5.32 Å². The van der Waals surface area contributed by atoms with Crippen LogP contribution in [-0.4, -0.2) is 26.2 Å². The lowest BCUT2D eigenvalue weighted by Gasteiger charge is -2.21. The van der Waals surface area contributed by atoms with Gasteiger partial charge in [0.05, 0.1) is 7.11 Å². The van der Waals surface area contributed by atoms with Crippen LogP contribution in [0.2, 0.25) is 0 Å². The topological polar surface area (TPSA) is 47.6 Å². The van der Waals surface area contributed by atoms with Crippen molar-refractivity contribution >= 4 is 5.97 Å². The molecule has 1 saturated heterocycles. The summed E-state index contributed by atoms with van der Waals surface area (Å²) in [6, 6.07) is 7.60. The number of ether oxygens (including phenoxy) is 2. The number of rotatable bonds is 6. The maximum Gasteiger partial charge on any atom is 0.306 e. The zero-order valence-electron chi connectivity index (χ0n) is 12.1. The number of carbonyl (C=O) groups is 1. The van der Waals surface area contributed by atoms with Crippen LogP contribution in [0.25, 0.3) is 0 Å². The van der Waals surface area contributed by atoms with E-state index in [1.54, 1.807) is 7.11 Å². The Labute approximate surface area is 120 Å². The van der Waals surface area contributed by atoms with Crippen LogP contribution in [0.1, 0.15) is 31.2 Å². The van der Waals surface area contributed by atoms with E-state index in [1.165, 1.54) is 12.8 Å². The van der Waals surface area contributed by atoms with E-state index in [9.17, 15) is 4.79 Å². The van der Waals surface area contributed by atoms with Crippen molar-refractivity contribution in [1.29, 1.82) is 0 Å². The number of hydrogen-bond acceptors (Lipinski definition) is 4. The Morgan fingerprint density at radius 3 is 2.90 bits per heavy atom. The quantitative estimate of drug-likeness (QED) is 0.812. The highest BCUT2D eigenvalue weighted by atomic mass is 16.5. The summed E-state index contributed by atoms with van der Waals surface area (Å²) in [5.41, 5.74) is 0.958. The molecule has 1 fully saturated rings. The van der Waals surface area contributed by atoms with Gasteiger partial charge in [-0.3, -0.25) is 4.79 Å². The molecule has 1 heterocycles. The second-order valence-electron chi connectivity index (χ2n) is 5.24. The average Bonchev–Trinajstić information content (AvgIpc) is 2.52. The van der Waals surface area contributed by atoms with Crippen molar-refractivity contribution in [2.75, 3.05) is 20.2 Å². The van der Waals surface area contributed by atoms with E-state index < -0.39 is 0 Å². The monoisotopic (exact) mass is 277 g/mol. The predicted molar refractivity (Wildman–Crippen MR) is 77.6 cm³/mol. The molecule has 0 aliphatic carbocycles. The third-order valence-corrected chi connectivity index (χ3v) is 3.75. The summed E-state index contributed by atoms with van der Waals surface area (Å²) in [7, 11) is 1.63. The van der Waals surface area contributed by atoms with E-state index in [1.807, 2.05) is 24.3 Å². The van der Waals surface area contributed by atoms with Crippen molar-refractivity contribution in [1.82, 2.24) is 5.32 Å². The molecule has 1 N–H and O–H groups in total. The van der Waals surface area contributed by atoms with Crippen molar-refractivity contribution in [3.63, 3.8) is 0 Å². The van der Waals surface area contributed by atoms with Crippen LogP contribution in [0.4, 0.5) is 0 Å². The Morgan fingerprint density at radius 1 is 1.35 bits per heavy atom. The lowest BCUT2D eigenvalue weighted by Crippen LogP contribution is -2.28. The number of carbonyl (C=O) groups excluding carboxylic acids is 1. The lowest BCUT2D eigenvalue weighted by atomic mass is 9.93. The fourth-order valence-electron chi connectivity index (χ4n) is 2.49. The second kappa shape index (κ2) is 7.90. The van der Waals surface area contributed by atoms with E-state index >= 15 is 0 Å². The van der Waals surface area contributed by atoms with Crippen molar-refractivity contribution in [3.8, 4) is 5.75 Å². The van der Waals surface area contributed by atoms with Gasteiger partial charge in [-0.05, 0) is 56.0 Å². The largest absolute Gasteiger partial charge is 0.497 e. The van der Waals surface area contributed by atoms with Gasteiger partial charge < -0.3 is 14.8 Å². The first kappa shape index (κ1) is 14.9. The lowest BCUT2D eigenvalue weighted by molar-refractivity contribution is -0.145. The van der Waals surface area contributed by atoms with Gasteiger partial charge in [0.1, 0.15) is 12.4 Å². The number of methoxy groups -OCH3 is 1. The molecule has 0 radical (unpaired) electrons. The molecular weight excluding hydrogens is 254 g/mol. The minimum atomic E-state index is -0.105. The molecule has 4 heteroatoms. The fraction of sp³-hybridized carbons (Fsp3) is 0.562. The molecule has 1 aromatic carbocycles. The van der Waals surface area contributed by atoms with Crippen molar-refractivity contribution in [2.24, 2.45) is 5.92 Å². The summed E-state index contributed by atoms with van der Waals surface area (Å²) in [6.45, 7) is 2.47. The normalized spacial score (nSPS) is 15.8. The van der Waals surface area contributed by atoms with Crippen LogP contribution in [-0.2, 0) is 16.1 Å². The first-order chi connectivity index (χ1) is 9.78. The van der Waals surface area contributed by atoms with Crippen LogP contribution in [0, 0.1) is 5.92 Å². The molecule has 0 aromatic heterocycles. The molecule has 2 rings (SSSR count). The zero-order valence-corrected chi connectivity index (χ0v) is 12.1. The van der Waals surface area contributed by atoms with Crippen LogP contribution in [0.3, 0.4) is 0 Å². The smallest absolute Gasteiger partial charge is 0.306 e. The molecule has 1 aliphatic rings. The number of nitrogens with one attached hydrogen (secondary N) is 1. The number of piperidine rings is 1. The minimum absolute atomic E-state index is 0.105. The SMILES string of the molecule is COc1cccc(COC(=O)CCC2CCNCC2)c1. The fourth-order valence-corrected chi connectivity index (χ4v) is 2.49. The van der Waals surface area contributed by atoms with Gasteiger partial charge in [0.15, 0.2) is 0 Å². The molecule has 4 nitrogen and oxygen atoms in total.